The number of carbonyl (C=O) groups excluding carboxylic acids is 1. The Morgan fingerprint density at radius 2 is 2.06 bits per heavy atom. The Balaban J connectivity index is 2.68. The van der Waals surface area contributed by atoms with Crippen molar-refractivity contribution in [2.24, 2.45) is 0 Å². The van der Waals surface area contributed by atoms with Gasteiger partial charge in [-0.25, -0.2) is 8.42 Å². The number of carbonyl (C=O) groups is 1. The Morgan fingerprint density at radius 3 is 2.65 bits per heavy atom. The highest BCUT2D eigenvalue weighted by atomic mass is 79.9. The highest BCUT2D eigenvalue weighted by molar-refractivity contribution is 9.10. The zero-order valence-electron chi connectivity index (χ0n) is 9.24. The lowest BCUT2D eigenvalue weighted by Gasteiger charge is -2.04. The lowest BCUT2D eigenvalue weighted by atomic mass is 10.1. The number of benzene rings is 1. The van der Waals surface area contributed by atoms with Crippen molar-refractivity contribution in [2.45, 2.75) is 12.8 Å². The van der Waals surface area contributed by atoms with Crippen LogP contribution in [0.2, 0.25) is 5.02 Å². The zero-order chi connectivity index (χ0) is 13.1. The molecule has 6 heteroatoms. The molecule has 17 heavy (non-hydrogen) atoms. The van der Waals surface area contributed by atoms with Crippen LogP contribution in [0.1, 0.15) is 23.2 Å². The minimum Gasteiger partial charge on any atom is -0.294 e. The van der Waals surface area contributed by atoms with Gasteiger partial charge in [0, 0.05) is 22.7 Å². The van der Waals surface area contributed by atoms with Crippen molar-refractivity contribution < 1.29 is 13.2 Å². The summed E-state index contributed by atoms with van der Waals surface area (Å²) in [7, 11) is -3.01. The van der Waals surface area contributed by atoms with E-state index >= 15 is 0 Å². The van der Waals surface area contributed by atoms with Crippen LogP contribution in [0.5, 0.6) is 0 Å². The van der Waals surface area contributed by atoms with Gasteiger partial charge in [0.15, 0.2) is 5.78 Å². The molecule has 0 saturated carbocycles. The van der Waals surface area contributed by atoms with Gasteiger partial charge in [0.2, 0.25) is 0 Å². The molecule has 0 unspecified atom stereocenters. The summed E-state index contributed by atoms with van der Waals surface area (Å²) >= 11 is 9.21. The monoisotopic (exact) mass is 338 g/mol. The highest BCUT2D eigenvalue weighted by Gasteiger charge is 2.13. The molecular formula is C11H12BrClO3S. The van der Waals surface area contributed by atoms with Gasteiger partial charge in [0.05, 0.1) is 10.8 Å². The zero-order valence-corrected chi connectivity index (χ0v) is 12.4. The molecule has 0 aliphatic heterocycles. The molecule has 1 aromatic rings. The van der Waals surface area contributed by atoms with Crippen molar-refractivity contribution >= 4 is 43.2 Å². The summed E-state index contributed by atoms with van der Waals surface area (Å²) in [5, 5.41) is 0.372. The Kier molecular flexibility index (Phi) is 5.16. The molecule has 0 N–H and O–H groups in total. The number of halogens is 2. The van der Waals surface area contributed by atoms with Gasteiger partial charge in [0.1, 0.15) is 9.84 Å². The Hall–Kier alpha value is -0.390. The average Bonchev–Trinajstić information content (AvgIpc) is 2.20. The topological polar surface area (TPSA) is 51.2 Å². The number of sulfone groups is 1. The molecule has 0 saturated heterocycles. The van der Waals surface area contributed by atoms with E-state index in [0.29, 0.717) is 21.5 Å². The lowest BCUT2D eigenvalue weighted by molar-refractivity contribution is 0.0982. The van der Waals surface area contributed by atoms with Crippen molar-refractivity contribution in [1.29, 1.82) is 0 Å². The SMILES string of the molecule is CS(=O)(=O)CCCC(=O)c1cccc(Br)c1Cl. The third kappa shape index (κ3) is 4.77. The van der Waals surface area contributed by atoms with Crippen LogP contribution in [0.25, 0.3) is 0 Å². The van der Waals surface area contributed by atoms with E-state index in [9.17, 15) is 13.2 Å². The van der Waals surface area contributed by atoms with Crippen LogP contribution in [0, 0.1) is 0 Å². The first-order valence-electron chi connectivity index (χ1n) is 4.96. The van der Waals surface area contributed by atoms with Gasteiger partial charge in [-0.3, -0.25) is 4.79 Å². The van der Waals surface area contributed by atoms with E-state index in [4.69, 9.17) is 11.6 Å². The molecular weight excluding hydrogens is 328 g/mol. The Labute approximate surface area is 114 Å². The van der Waals surface area contributed by atoms with Crippen molar-refractivity contribution in [1.82, 2.24) is 0 Å². The predicted molar refractivity (Wildman–Crippen MR) is 72.4 cm³/mol. The summed E-state index contributed by atoms with van der Waals surface area (Å²) in [5.74, 6) is -0.121. The summed E-state index contributed by atoms with van der Waals surface area (Å²) in [4.78, 5) is 11.8. The van der Waals surface area contributed by atoms with Gasteiger partial charge < -0.3 is 0 Å². The number of rotatable bonds is 5. The van der Waals surface area contributed by atoms with Gasteiger partial charge in [-0.05, 0) is 34.5 Å². The standard InChI is InChI=1S/C11H12BrClO3S/c1-17(15,16)7-3-6-10(14)8-4-2-5-9(12)11(8)13/h2,4-5H,3,6-7H2,1H3. The van der Waals surface area contributed by atoms with E-state index in [1.807, 2.05) is 0 Å². The average molecular weight is 340 g/mol. The van der Waals surface area contributed by atoms with E-state index in [0.717, 1.165) is 6.26 Å². The number of Topliss-reactive ketones (excluding diaryl/α,β-unsaturated/α-hetero) is 1. The largest absolute Gasteiger partial charge is 0.294 e. The number of hydrogen-bond donors (Lipinski definition) is 0. The van der Waals surface area contributed by atoms with Crippen LogP contribution in [-0.2, 0) is 9.84 Å². The molecule has 0 atom stereocenters. The van der Waals surface area contributed by atoms with Crippen molar-refractivity contribution in [3.8, 4) is 0 Å². The molecule has 1 aromatic carbocycles. The number of ketones is 1. The van der Waals surface area contributed by atoms with Gasteiger partial charge >= 0.3 is 0 Å². The summed E-state index contributed by atoms with van der Waals surface area (Å²) in [5.41, 5.74) is 0.426. The fraction of sp³-hybridized carbons (Fsp3) is 0.364. The fourth-order valence-electron chi connectivity index (χ4n) is 1.35. The molecule has 0 amide bonds. The molecule has 0 radical (unpaired) electrons. The van der Waals surface area contributed by atoms with E-state index in [2.05, 4.69) is 15.9 Å². The predicted octanol–water partition coefficient (Wildman–Crippen LogP) is 3.11. The van der Waals surface area contributed by atoms with Crippen LogP contribution in [0.4, 0.5) is 0 Å². The highest BCUT2D eigenvalue weighted by Crippen LogP contribution is 2.27. The summed E-state index contributed by atoms with van der Waals surface area (Å²) < 4.78 is 22.5. The first-order chi connectivity index (χ1) is 7.81. The van der Waals surface area contributed by atoms with Gasteiger partial charge in [0.25, 0.3) is 0 Å². The van der Waals surface area contributed by atoms with E-state index in [-0.39, 0.29) is 18.0 Å². The Bertz CT molecular complexity index is 526. The maximum atomic E-state index is 11.8. The third-order valence-corrected chi connectivity index (χ3v) is 4.50. The molecule has 1 rings (SSSR count). The van der Waals surface area contributed by atoms with Crippen molar-refractivity contribution in [2.75, 3.05) is 12.0 Å². The summed E-state index contributed by atoms with van der Waals surface area (Å²) in [6.07, 6.45) is 1.66. The van der Waals surface area contributed by atoms with Crippen LogP contribution in [-0.4, -0.2) is 26.2 Å². The van der Waals surface area contributed by atoms with Crippen LogP contribution >= 0.6 is 27.5 Å². The van der Waals surface area contributed by atoms with Gasteiger partial charge in [-0.2, -0.15) is 0 Å². The maximum absolute atomic E-state index is 11.8. The van der Waals surface area contributed by atoms with Gasteiger partial charge in [-0.1, -0.05) is 17.7 Å². The quantitative estimate of drug-likeness (QED) is 0.775. The molecule has 3 nitrogen and oxygen atoms in total. The number of hydrogen-bond acceptors (Lipinski definition) is 3. The Morgan fingerprint density at radius 1 is 1.41 bits per heavy atom. The smallest absolute Gasteiger partial charge is 0.164 e. The van der Waals surface area contributed by atoms with Crippen LogP contribution < -0.4 is 0 Å². The molecule has 94 valence electrons. The molecule has 0 aromatic heterocycles. The molecule has 0 heterocycles. The summed E-state index contributed by atoms with van der Waals surface area (Å²) in [6, 6.07) is 5.10. The minimum atomic E-state index is -3.01. The molecule has 0 spiro atoms. The van der Waals surface area contributed by atoms with E-state index in [1.165, 1.54) is 0 Å². The summed E-state index contributed by atoms with van der Waals surface area (Å²) in [6.45, 7) is 0. The second-order valence-corrected chi connectivity index (χ2v) is 7.25. The second-order valence-electron chi connectivity index (χ2n) is 3.76. The fourth-order valence-corrected chi connectivity index (χ4v) is 2.62. The van der Waals surface area contributed by atoms with Crippen LogP contribution in [0.15, 0.2) is 22.7 Å². The maximum Gasteiger partial charge on any atom is 0.164 e. The van der Waals surface area contributed by atoms with Crippen LogP contribution in [0.3, 0.4) is 0 Å². The second kappa shape index (κ2) is 5.98. The normalized spacial score (nSPS) is 11.5. The van der Waals surface area contributed by atoms with Gasteiger partial charge in [-0.15, -0.1) is 0 Å². The van der Waals surface area contributed by atoms with Crippen molar-refractivity contribution in [3.63, 3.8) is 0 Å². The van der Waals surface area contributed by atoms with E-state index < -0.39 is 9.84 Å². The lowest BCUT2D eigenvalue weighted by Crippen LogP contribution is -2.07. The molecule has 0 bridgehead atoms. The first kappa shape index (κ1) is 14.7. The molecule has 0 fully saturated rings. The van der Waals surface area contributed by atoms with E-state index in [1.54, 1.807) is 18.2 Å². The minimum absolute atomic E-state index is 0.0182. The van der Waals surface area contributed by atoms with Crippen molar-refractivity contribution in [3.05, 3.63) is 33.3 Å². The molecule has 0 aliphatic carbocycles. The first-order valence-corrected chi connectivity index (χ1v) is 8.19. The molecule has 0 aliphatic rings. The third-order valence-electron chi connectivity index (χ3n) is 2.17.